The zero-order valence-corrected chi connectivity index (χ0v) is 6.00. The van der Waals surface area contributed by atoms with Gasteiger partial charge in [-0.3, -0.25) is 0 Å². The molecule has 0 aliphatic rings. The molecule has 0 atom stereocenters. The van der Waals surface area contributed by atoms with Crippen LogP contribution in [0.25, 0.3) is 11.2 Å². The smallest absolute Gasteiger partial charge is 0.177 e. The van der Waals surface area contributed by atoms with E-state index in [9.17, 15) is 0 Å². The Bertz CT molecular complexity index is 393. The third-order valence-electron chi connectivity index (χ3n) is 1.44. The lowest BCUT2D eigenvalue weighted by Gasteiger charge is -1.87. The number of nitrogens with zero attached hydrogens (tertiary/aromatic N) is 2. The predicted octanol–water partition coefficient (Wildman–Crippen LogP) is 0.972. The molecule has 0 aromatic carbocycles. The summed E-state index contributed by atoms with van der Waals surface area (Å²) in [5.74, 6) is 0.958. The van der Waals surface area contributed by atoms with Crippen LogP contribution in [0.1, 0.15) is 5.82 Å². The van der Waals surface area contributed by atoms with Crippen molar-refractivity contribution in [2.75, 3.05) is 0 Å². The van der Waals surface area contributed by atoms with Crippen LogP contribution >= 0.6 is 0 Å². The summed E-state index contributed by atoms with van der Waals surface area (Å²) in [4.78, 5) is 11.0. The Morgan fingerprint density at radius 3 is 3.18 bits per heavy atom. The largest absolute Gasteiger partial charge is 0.506 e. The Hall–Kier alpha value is -1.58. The van der Waals surface area contributed by atoms with Gasteiger partial charge in [0, 0.05) is 6.07 Å². The quantitative estimate of drug-likeness (QED) is 0.586. The standard InChI is InChI=1S/C7H7N3O/c1-4-9-6-2-5(11)3-8-7(6)10-4/h2-3,11H,1H3,(H,8,9,10). The Labute approximate surface area is 62.9 Å². The molecule has 4 heteroatoms. The van der Waals surface area contributed by atoms with Gasteiger partial charge < -0.3 is 10.1 Å². The number of imidazole rings is 1. The first-order valence-corrected chi connectivity index (χ1v) is 3.27. The number of aryl methyl sites for hydroxylation is 1. The van der Waals surface area contributed by atoms with Crippen molar-refractivity contribution in [1.82, 2.24) is 15.0 Å². The second-order valence-electron chi connectivity index (χ2n) is 2.39. The van der Waals surface area contributed by atoms with E-state index in [1.165, 1.54) is 6.20 Å². The van der Waals surface area contributed by atoms with Crippen molar-refractivity contribution in [2.24, 2.45) is 0 Å². The predicted molar refractivity (Wildman–Crippen MR) is 40.3 cm³/mol. The van der Waals surface area contributed by atoms with E-state index in [4.69, 9.17) is 5.11 Å². The van der Waals surface area contributed by atoms with Gasteiger partial charge in [0.2, 0.25) is 0 Å². The second kappa shape index (κ2) is 1.95. The van der Waals surface area contributed by atoms with E-state index in [-0.39, 0.29) is 5.75 Å². The van der Waals surface area contributed by atoms with Crippen molar-refractivity contribution in [3.05, 3.63) is 18.1 Å². The maximum absolute atomic E-state index is 9.03. The fourth-order valence-corrected chi connectivity index (χ4v) is 1.01. The molecule has 0 unspecified atom stereocenters. The van der Waals surface area contributed by atoms with Crippen molar-refractivity contribution in [2.45, 2.75) is 6.92 Å². The number of aromatic amines is 1. The average molecular weight is 149 g/mol. The lowest BCUT2D eigenvalue weighted by Crippen LogP contribution is -1.74. The molecule has 0 saturated heterocycles. The number of rotatable bonds is 0. The molecule has 0 fully saturated rings. The number of fused-ring (bicyclic) bond motifs is 1. The summed E-state index contributed by atoms with van der Waals surface area (Å²) in [6.45, 7) is 1.85. The second-order valence-corrected chi connectivity index (χ2v) is 2.39. The van der Waals surface area contributed by atoms with Gasteiger partial charge in [0.05, 0.1) is 11.7 Å². The van der Waals surface area contributed by atoms with Crippen LogP contribution < -0.4 is 0 Å². The van der Waals surface area contributed by atoms with Gasteiger partial charge in [-0.1, -0.05) is 0 Å². The normalized spacial score (nSPS) is 10.6. The highest BCUT2D eigenvalue weighted by Gasteiger charge is 1.99. The van der Waals surface area contributed by atoms with Crippen LogP contribution in [0.5, 0.6) is 5.75 Å². The summed E-state index contributed by atoms with van der Waals surface area (Å²) in [6, 6.07) is 1.60. The first kappa shape index (κ1) is 6.15. The van der Waals surface area contributed by atoms with E-state index >= 15 is 0 Å². The fraction of sp³-hybridized carbons (Fsp3) is 0.143. The van der Waals surface area contributed by atoms with E-state index in [1.807, 2.05) is 6.92 Å². The molecule has 4 nitrogen and oxygen atoms in total. The molecule has 0 aliphatic carbocycles. The van der Waals surface area contributed by atoms with E-state index in [1.54, 1.807) is 6.07 Å². The first-order valence-electron chi connectivity index (χ1n) is 3.27. The number of aromatic hydroxyl groups is 1. The summed E-state index contributed by atoms with van der Waals surface area (Å²) in [7, 11) is 0. The van der Waals surface area contributed by atoms with Gasteiger partial charge in [0.15, 0.2) is 5.65 Å². The van der Waals surface area contributed by atoms with Gasteiger partial charge in [0.1, 0.15) is 11.6 Å². The summed E-state index contributed by atoms with van der Waals surface area (Å²) >= 11 is 0. The number of nitrogens with one attached hydrogen (secondary N) is 1. The van der Waals surface area contributed by atoms with Crippen LogP contribution in [0.15, 0.2) is 12.3 Å². The molecule has 2 rings (SSSR count). The van der Waals surface area contributed by atoms with Crippen LogP contribution in [0.4, 0.5) is 0 Å². The lowest BCUT2D eigenvalue weighted by atomic mass is 10.4. The van der Waals surface area contributed by atoms with Crippen LogP contribution in [0, 0.1) is 6.92 Å². The molecule has 0 amide bonds. The molecule has 0 radical (unpaired) electrons. The van der Waals surface area contributed by atoms with Crippen LogP contribution in [-0.2, 0) is 0 Å². The lowest BCUT2D eigenvalue weighted by molar-refractivity contribution is 0.473. The van der Waals surface area contributed by atoms with E-state index in [0.717, 1.165) is 11.3 Å². The van der Waals surface area contributed by atoms with E-state index < -0.39 is 0 Å². The maximum Gasteiger partial charge on any atom is 0.177 e. The topological polar surface area (TPSA) is 61.8 Å². The van der Waals surface area contributed by atoms with Crippen molar-refractivity contribution in [1.29, 1.82) is 0 Å². The SMILES string of the molecule is Cc1nc2ncc(O)cc2[nH]1. The molecule has 2 heterocycles. The van der Waals surface area contributed by atoms with Gasteiger partial charge in [-0.25, -0.2) is 9.97 Å². The molecule has 0 bridgehead atoms. The summed E-state index contributed by atoms with van der Waals surface area (Å²) in [5.41, 5.74) is 1.41. The molecule has 0 aliphatic heterocycles. The van der Waals surface area contributed by atoms with Gasteiger partial charge in [0.25, 0.3) is 0 Å². The highest BCUT2D eigenvalue weighted by molar-refractivity contribution is 5.71. The summed E-state index contributed by atoms with van der Waals surface area (Å²) in [6.07, 6.45) is 1.38. The molecule has 0 saturated carbocycles. The number of H-pyrrole nitrogens is 1. The zero-order chi connectivity index (χ0) is 7.84. The number of aromatic nitrogens is 3. The third-order valence-corrected chi connectivity index (χ3v) is 1.44. The molecule has 56 valence electrons. The fourth-order valence-electron chi connectivity index (χ4n) is 1.01. The monoisotopic (exact) mass is 149 g/mol. The van der Waals surface area contributed by atoms with Gasteiger partial charge in [-0.15, -0.1) is 0 Å². The minimum atomic E-state index is 0.154. The molecule has 2 N–H and O–H groups in total. The summed E-state index contributed by atoms with van der Waals surface area (Å²) in [5, 5.41) is 9.03. The highest BCUT2D eigenvalue weighted by Crippen LogP contribution is 2.13. The van der Waals surface area contributed by atoms with Gasteiger partial charge in [-0.05, 0) is 6.92 Å². The minimum Gasteiger partial charge on any atom is -0.506 e. The molecular formula is C7H7N3O. The number of hydrogen-bond acceptors (Lipinski definition) is 3. The Balaban J connectivity index is 2.82. The van der Waals surface area contributed by atoms with Gasteiger partial charge >= 0.3 is 0 Å². The van der Waals surface area contributed by atoms with Gasteiger partial charge in [-0.2, -0.15) is 0 Å². The molecular weight excluding hydrogens is 142 g/mol. The Morgan fingerprint density at radius 2 is 2.36 bits per heavy atom. The Kier molecular flexibility index (Phi) is 1.09. The highest BCUT2D eigenvalue weighted by atomic mass is 16.3. The molecule has 0 spiro atoms. The molecule has 11 heavy (non-hydrogen) atoms. The van der Waals surface area contributed by atoms with Crippen LogP contribution in [-0.4, -0.2) is 20.1 Å². The van der Waals surface area contributed by atoms with Crippen molar-refractivity contribution < 1.29 is 5.11 Å². The van der Waals surface area contributed by atoms with Crippen molar-refractivity contribution >= 4 is 11.2 Å². The molecule has 2 aromatic heterocycles. The van der Waals surface area contributed by atoms with E-state index in [2.05, 4.69) is 15.0 Å². The zero-order valence-electron chi connectivity index (χ0n) is 6.00. The van der Waals surface area contributed by atoms with Crippen molar-refractivity contribution in [3.8, 4) is 5.75 Å². The van der Waals surface area contributed by atoms with Crippen LogP contribution in [0.3, 0.4) is 0 Å². The third kappa shape index (κ3) is 0.920. The maximum atomic E-state index is 9.03. The summed E-state index contributed by atoms with van der Waals surface area (Å²) < 4.78 is 0. The Morgan fingerprint density at radius 1 is 1.55 bits per heavy atom. The molecule has 2 aromatic rings. The minimum absolute atomic E-state index is 0.154. The van der Waals surface area contributed by atoms with Crippen molar-refractivity contribution in [3.63, 3.8) is 0 Å². The average Bonchev–Trinajstić information content (AvgIpc) is 2.27. The van der Waals surface area contributed by atoms with E-state index in [0.29, 0.717) is 5.65 Å². The van der Waals surface area contributed by atoms with Crippen LogP contribution in [0.2, 0.25) is 0 Å². The first-order chi connectivity index (χ1) is 5.25. The number of pyridine rings is 1. The number of hydrogen-bond donors (Lipinski definition) is 2.